The summed E-state index contributed by atoms with van der Waals surface area (Å²) in [6.07, 6.45) is 5.33. The third-order valence-corrected chi connectivity index (χ3v) is 7.08. The number of hydrogen-bond donors (Lipinski definition) is 3. The van der Waals surface area contributed by atoms with E-state index in [2.05, 4.69) is 15.3 Å². The zero-order valence-electron chi connectivity index (χ0n) is 18.0. The quantitative estimate of drug-likeness (QED) is 0.576. The first-order chi connectivity index (χ1) is 15.6. The van der Waals surface area contributed by atoms with E-state index in [0.717, 1.165) is 18.4 Å². The van der Waals surface area contributed by atoms with Gasteiger partial charge in [0.1, 0.15) is 5.65 Å². The Hall–Kier alpha value is -2.97. The fraction of sp³-hybridized carbons (Fsp3) is 0.458. The number of H-pyrrole nitrogens is 1. The number of rotatable bonds is 4. The van der Waals surface area contributed by atoms with Crippen molar-refractivity contribution in [3.8, 4) is 0 Å². The largest absolute Gasteiger partial charge is 0.379 e. The van der Waals surface area contributed by atoms with Gasteiger partial charge in [-0.1, -0.05) is 30.3 Å². The third kappa shape index (κ3) is 3.73. The van der Waals surface area contributed by atoms with E-state index >= 15 is 0 Å². The fourth-order valence-electron chi connectivity index (χ4n) is 5.18. The van der Waals surface area contributed by atoms with Crippen LogP contribution >= 0.6 is 0 Å². The molecule has 2 saturated heterocycles. The van der Waals surface area contributed by atoms with Crippen LogP contribution in [0.5, 0.6) is 0 Å². The topological polar surface area (TPSA) is 103 Å². The molecule has 2 aliphatic heterocycles. The molecule has 1 aromatic carbocycles. The molecule has 2 fully saturated rings. The average molecular weight is 436 g/mol. The van der Waals surface area contributed by atoms with Gasteiger partial charge < -0.3 is 20.3 Å². The lowest BCUT2D eigenvalue weighted by Gasteiger charge is -2.43. The van der Waals surface area contributed by atoms with Crippen LogP contribution in [-0.4, -0.2) is 62.2 Å². The molecule has 8 nitrogen and oxygen atoms in total. The van der Waals surface area contributed by atoms with Gasteiger partial charge in [0.2, 0.25) is 0 Å². The molecule has 2 aromatic heterocycles. The van der Waals surface area contributed by atoms with Crippen molar-refractivity contribution in [1.29, 1.82) is 0 Å². The van der Waals surface area contributed by atoms with E-state index in [9.17, 15) is 14.7 Å². The molecule has 32 heavy (non-hydrogen) atoms. The fourth-order valence-corrected chi connectivity index (χ4v) is 5.18. The Morgan fingerprint density at radius 2 is 1.97 bits per heavy atom. The van der Waals surface area contributed by atoms with Crippen molar-refractivity contribution in [2.75, 3.05) is 26.2 Å². The maximum atomic E-state index is 13.5. The number of hydrogen-bond acceptors (Lipinski definition) is 5. The number of aromatic amines is 1. The van der Waals surface area contributed by atoms with Gasteiger partial charge >= 0.3 is 0 Å². The zero-order chi connectivity index (χ0) is 22.1. The highest BCUT2D eigenvalue weighted by molar-refractivity contribution is 5.86. The standard InChI is InChI=1S/C24H29N5O3/c30-22-19-6-10-26-21(19)27-16-29(22)15-17-7-12-28(13-8-17)23(31)24(32)9-11-25-14-20(24)18-4-2-1-3-5-18/h1-6,10,16-17,20,25-26,32H,7-9,11-15H2/t20-,24+/m0/s1. The minimum absolute atomic E-state index is 0.0375. The van der Waals surface area contributed by atoms with E-state index in [1.54, 1.807) is 23.2 Å². The molecular weight excluding hydrogens is 406 g/mol. The predicted octanol–water partition coefficient (Wildman–Crippen LogP) is 1.47. The van der Waals surface area contributed by atoms with Gasteiger partial charge in [0.05, 0.1) is 11.7 Å². The lowest BCUT2D eigenvalue weighted by atomic mass is 9.76. The second-order valence-corrected chi connectivity index (χ2v) is 9.02. The van der Waals surface area contributed by atoms with Gasteiger partial charge in [0, 0.05) is 38.3 Å². The van der Waals surface area contributed by atoms with E-state index < -0.39 is 5.60 Å². The van der Waals surface area contributed by atoms with Gasteiger partial charge in [-0.05, 0) is 43.4 Å². The molecule has 0 unspecified atom stereocenters. The molecule has 3 N–H and O–H groups in total. The molecule has 0 bridgehead atoms. The molecule has 3 aromatic rings. The monoisotopic (exact) mass is 435 g/mol. The number of carbonyl (C=O) groups is 1. The summed E-state index contributed by atoms with van der Waals surface area (Å²) in [5, 5.41) is 15.5. The first kappa shape index (κ1) is 20.9. The average Bonchev–Trinajstić information content (AvgIpc) is 3.32. The van der Waals surface area contributed by atoms with Gasteiger partial charge in [-0.25, -0.2) is 4.98 Å². The van der Waals surface area contributed by atoms with E-state index in [-0.39, 0.29) is 17.4 Å². The first-order valence-corrected chi connectivity index (χ1v) is 11.4. The smallest absolute Gasteiger partial charge is 0.262 e. The molecular formula is C24H29N5O3. The van der Waals surface area contributed by atoms with Crippen molar-refractivity contribution < 1.29 is 9.90 Å². The molecule has 2 atom stereocenters. The Bertz CT molecular complexity index is 1150. The van der Waals surface area contributed by atoms with Crippen LogP contribution in [0.15, 0.2) is 53.7 Å². The number of carbonyl (C=O) groups excluding carboxylic acids is 1. The molecule has 1 amide bonds. The predicted molar refractivity (Wildman–Crippen MR) is 121 cm³/mol. The van der Waals surface area contributed by atoms with Crippen LogP contribution in [0.3, 0.4) is 0 Å². The second kappa shape index (κ2) is 8.52. The van der Waals surface area contributed by atoms with Gasteiger partial charge in [-0.2, -0.15) is 0 Å². The van der Waals surface area contributed by atoms with Gasteiger partial charge in [-0.3, -0.25) is 14.2 Å². The van der Waals surface area contributed by atoms with Crippen molar-refractivity contribution >= 4 is 16.9 Å². The molecule has 5 rings (SSSR count). The van der Waals surface area contributed by atoms with E-state index in [1.807, 2.05) is 35.2 Å². The van der Waals surface area contributed by atoms with E-state index in [1.165, 1.54) is 0 Å². The summed E-state index contributed by atoms with van der Waals surface area (Å²) >= 11 is 0. The van der Waals surface area contributed by atoms with Crippen LogP contribution in [-0.2, 0) is 11.3 Å². The molecule has 0 saturated carbocycles. The zero-order valence-corrected chi connectivity index (χ0v) is 18.0. The summed E-state index contributed by atoms with van der Waals surface area (Å²) in [6, 6.07) is 11.6. The minimum Gasteiger partial charge on any atom is -0.379 e. The Kier molecular flexibility index (Phi) is 5.57. The number of likely N-dealkylation sites (tertiary alicyclic amines) is 1. The molecule has 4 heterocycles. The maximum Gasteiger partial charge on any atom is 0.262 e. The minimum atomic E-state index is -1.39. The number of aromatic nitrogens is 3. The van der Waals surface area contributed by atoms with Crippen molar-refractivity contribution in [3.63, 3.8) is 0 Å². The number of nitrogens with one attached hydrogen (secondary N) is 2. The molecule has 8 heteroatoms. The van der Waals surface area contributed by atoms with Gasteiger partial charge in [0.25, 0.3) is 11.5 Å². The van der Waals surface area contributed by atoms with Crippen molar-refractivity contribution in [3.05, 3.63) is 64.8 Å². The van der Waals surface area contributed by atoms with Crippen LogP contribution in [0.1, 0.15) is 30.7 Å². The van der Waals surface area contributed by atoms with E-state index in [0.29, 0.717) is 56.1 Å². The Morgan fingerprint density at radius 3 is 2.75 bits per heavy atom. The number of amides is 1. The van der Waals surface area contributed by atoms with Crippen LogP contribution < -0.4 is 10.9 Å². The SMILES string of the molecule is O=C(N1CCC(Cn2cnc3[nH]ccc3c2=O)CC1)[C@@]1(O)CCNC[C@H]1c1ccccc1. The Labute approximate surface area is 186 Å². The summed E-state index contributed by atoms with van der Waals surface area (Å²) in [6.45, 7) is 2.99. The second-order valence-electron chi connectivity index (χ2n) is 9.02. The summed E-state index contributed by atoms with van der Waals surface area (Å²) < 4.78 is 1.67. The number of piperidine rings is 2. The Balaban J connectivity index is 1.26. The van der Waals surface area contributed by atoms with Crippen LogP contribution in [0.25, 0.3) is 11.0 Å². The lowest BCUT2D eigenvalue weighted by Crippen LogP contribution is -2.59. The third-order valence-electron chi connectivity index (χ3n) is 7.08. The number of benzene rings is 1. The normalized spacial score (nSPS) is 24.7. The summed E-state index contributed by atoms with van der Waals surface area (Å²) in [7, 11) is 0. The lowest BCUT2D eigenvalue weighted by molar-refractivity contribution is -0.158. The number of nitrogens with zero attached hydrogens (tertiary/aromatic N) is 3. The molecule has 0 radical (unpaired) electrons. The number of fused-ring (bicyclic) bond motifs is 1. The summed E-state index contributed by atoms with van der Waals surface area (Å²) in [5.74, 6) is -0.137. The molecule has 0 aliphatic carbocycles. The maximum absolute atomic E-state index is 13.5. The summed E-state index contributed by atoms with van der Waals surface area (Å²) in [5.41, 5.74) is 0.163. The molecule has 168 valence electrons. The number of aliphatic hydroxyl groups is 1. The first-order valence-electron chi connectivity index (χ1n) is 11.4. The summed E-state index contributed by atoms with van der Waals surface area (Å²) in [4.78, 5) is 35.2. The van der Waals surface area contributed by atoms with Crippen LogP contribution in [0.4, 0.5) is 0 Å². The van der Waals surface area contributed by atoms with Crippen molar-refractivity contribution in [2.45, 2.75) is 37.3 Å². The highest BCUT2D eigenvalue weighted by Crippen LogP contribution is 2.36. The molecule has 0 spiro atoms. The van der Waals surface area contributed by atoms with Gasteiger partial charge in [0.15, 0.2) is 5.60 Å². The van der Waals surface area contributed by atoms with Crippen LogP contribution in [0.2, 0.25) is 0 Å². The Morgan fingerprint density at radius 1 is 1.19 bits per heavy atom. The van der Waals surface area contributed by atoms with E-state index in [4.69, 9.17) is 0 Å². The van der Waals surface area contributed by atoms with Crippen molar-refractivity contribution in [2.24, 2.45) is 5.92 Å². The van der Waals surface area contributed by atoms with Crippen molar-refractivity contribution in [1.82, 2.24) is 24.8 Å². The van der Waals surface area contributed by atoms with Crippen LogP contribution in [0, 0.1) is 5.92 Å². The molecule has 2 aliphatic rings. The highest BCUT2D eigenvalue weighted by Gasteiger charge is 2.48. The highest BCUT2D eigenvalue weighted by atomic mass is 16.3. The van der Waals surface area contributed by atoms with Gasteiger partial charge in [-0.15, -0.1) is 0 Å².